The number of nitrogens with one attached hydrogen (secondary N) is 1. The van der Waals surface area contributed by atoms with E-state index < -0.39 is 0 Å². The molecule has 1 aliphatic rings. The summed E-state index contributed by atoms with van der Waals surface area (Å²) < 4.78 is 0. The normalized spacial score (nSPS) is 23.3. The van der Waals surface area contributed by atoms with Crippen LogP contribution in [-0.2, 0) is 9.68 Å². The smallest absolute Gasteiger partial charge is 0.202 e. The Morgan fingerprint density at radius 3 is 2.56 bits per heavy atom. The van der Waals surface area contributed by atoms with Crippen molar-refractivity contribution in [2.75, 3.05) is 0 Å². The Hall–Kier alpha value is -0.120. The van der Waals surface area contributed by atoms with Crippen molar-refractivity contribution in [1.29, 1.82) is 0 Å². The summed E-state index contributed by atoms with van der Waals surface area (Å²) in [6.07, 6.45) is 2.17. The quantitative estimate of drug-likeness (QED) is 0.624. The Balaban J connectivity index is 2.01. The van der Waals surface area contributed by atoms with Gasteiger partial charge < -0.3 is 0 Å². The van der Waals surface area contributed by atoms with E-state index in [9.17, 15) is 0 Å². The van der Waals surface area contributed by atoms with E-state index in [1.807, 2.05) is 0 Å². The molecule has 1 aliphatic heterocycles. The minimum Gasteiger partial charge on any atom is -0.243 e. The van der Waals surface area contributed by atoms with Gasteiger partial charge in [-0.05, 0) is 5.92 Å². The monoisotopic (exact) mass is 131 g/mol. The van der Waals surface area contributed by atoms with Crippen LogP contribution in [0.25, 0.3) is 0 Å². The number of hydrogen-bond donors (Lipinski definition) is 1. The lowest BCUT2D eigenvalue weighted by Gasteiger charge is -2.27. The van der Waals surface area contributed by atoms with Gasteiger partial charge in [0.1, 0.15) is 0 Å². The molecule has 0 aliphatic carbocycles. The van der Waals surface area contributed by atoms with Gasteiger partial charge in [-0.1, -0.05) is 25.9 Å². The van der Waals surface area contributed by atoms with Gasteiger partial charge in [0.2, 0.25) is 6.29 Å². The third-order valence-electron chi connectivity index (χ3n) is 1.65. The van der Waals surface area contributed by atoms with Gasteiger partial charge in [-0.25, -0.2) is 9.68 Å². The molecule has 9 heavy (non-hydrogen) atoms. The molecule has 1 saturated heterocycles. The van der Waals surface area contributed by atoms with Crippen molar-refractivity contribution in [2.24, 2.45) is 5.92 Å². The highest BCUT2D eigenvalue weighted by molar-refractivity contribution is 4.53. The van der Waals surface area contributed by atoms with Crippen LogP contribution in [0.4, 0.5) is 0 Å². The fourth-order valence-electron chi connectivity index (χ4n) is 0.708. The maximum absolute atomic E-state index is 4.83. The lowest BCUT2D eigenvalue weighted by molar-refractivity contribution is -0.416. The third-order valence-corrected chi connectivity index (χ3v) is 1.65. The Kier molecular flexibility index (Phi) is 2.45. The molecule has 1 heterocycles. The van der Waals surface area contributed by atoms with Gasteiger partial charge in [0.05, 0.1) is 0 Å². The fourth-order valence-corrected chi connectivity index (χ4v) is 0.708. The minimum absolute atomic E-state index is 0.0000463. The van der Waals surface area contributed by atoms with Crippen LogP contribution >= 0.6 is 0 Å². The van der Waals surface area contributed by atoms with E-state index in [0.29, 0.717) is 5.92 Å². The molecule has 3 heteroatoms. The van der Waals surface area contributed by atoms with E-state index in [2.05, 4.69) is 19.5 Å². The van der Waals surface area contributed by atoms with Crippen LogP contribution in [0.3, 0.4) is 0 Å². The summed E-state index contributed by atoms with van der Waals surface area (Å²) in [7, 11) is 0. The summed E-state index contributed by atoms with van der Waals surface area (Å²) >= 11 is 0. The molecule has 1 atom stereocenters. The molecule has 54 valence electrons. The first-order chi connectivity index (χ1) is 4.33. The Labute approximate surface area is 55.2 Å². The van der Waals surface area contributed by atoms with Gasteiger partial charge in [0, 0.05) is 6.42 Å². The lowest BCUT2D eigenvalue weighted by Crippen LogP contribution is -2.42. The molecule has 1 rings (SSSR count). The van der Waals surface area contributed by atoms with Crippen LogP contribution < -0.4 is 5.64 Å². The van der Waals surface area contributed by atoms with Crippen molar-refractivity contribution in [2.45, 2.75) is 33.0 Å². The Bertz CT molecular complexity index is 80.4. The van der Waals surface area contributed by atoms with Crippen LogP contribution in [0.1, 0.15) is 26.7 Å². The van der Waals surface area contributed by atoms with Crippen LogP contribution in [0, 0.1) is 5.92 Å². The Morgan fingerprint density at radius 1 is 1.56 bits per heavy atom. The average molecular weight is 131 g/mol. The second-order valence-corrected chi connectivity index (χ2v) is 2.50. The number of hydrogen-bond acceptors (Lipinski definition) is 3. The van der Waals surface area contributed by atoms with Crippen LogP contribution in [0.5, 0.6) is 0 Å². The van der Waals surface area contributed by atoms with Crippen molar-refractivity contribution >= 4 is 0 Å². The maximum Gasteiger partial charge on any atom is 0.202 e. The zero-order chi connectivity index (χ0) is 6.69. The fraction of sp³-hybridized carbons (Fsp3) is 1.00. The van der Waals surface area contributed by atoms with Crippen molar-refractivity contribution in [1.82, 2.24) is 5.64 Å². The molecule has 0 amide bonds. The van der Waals surface area contributed by atoms with Crippen LogP contribution in [-0.4, -0.2) is 6.29 Å². The van der Waals surface area contributed by atoms with E-state index in [0.717, 1.165) is 6.42 Å². The zero-order valence-corrected chi connectivity index (χ0v) is 5.89. The molecule has 1 unspecified atom stereocenters. The molecule has 0 radical (unpaired) electrons. The molecular weight excluding hydrogens is 118 g/mol. The van der Waals surface area contributed by atoms with Gasteiger partial charge in [-0.2, -0.15) is 0 Å². The molecule has 0 bridgehead atoms. The predicted octanol–water partition coefficient (Wildman–Crippen LogP) is 1.22. The van der Waals surface area contributed by atoms with Gasteiger partial charge in [-0.3, -0.25) is 0 Å². The largest absolute Gasteiger partial charge is 0.243 e. The highest BCUT2D eigenvalue weighted by atomic mass is 17.1. The molecule has 0 aromatic rings. The standard InChI is InChI=1S/C6H13NO2/c1-3-5(2)4-6-8-7-9-6/h5-7H,3-4H2,1-2H3. The molecule has 0 aromatic heterocycles. The third kappa shape index (κ3) is 1.93. The molecular formula is C6H13NO2. The second-order valence-electron chi connectivity index (χ2n) is 2.50. The summed E-state index contributed by atoms with van der Waals surface area (Å²) in [5.41, 5.74) is 2.29. The van der Waals surface area contributed by atoms with Gasteiger partial charge >= 0.3 is 0 Å². The molecule has 0 spiro atoms. The molecule has 1 fully saturated rings. The molecule has 0 saturated carbocycles. The van der Waals surface area contributed by atoms with E-state index in [-0.39, 0.29) is 6.29 Å². The minimum atomic E-state index is -0.0000463. The first-order valence-corrected chi connectivity index (χ1v) is 3.39. The van der Waals surface area contributed by atoms with E-state index in [4.69, 9.17) is 9.68 Å². The van der Waals surface area contributed by atoms with Gasteiger partial charge in [-0.15, -0.1) is 0 Å². The first kappa shape index (κ1) is 6.99. The average Bonchev–Trinajstić information content (AvgIpc) is 1.78. The predicted molar refractivity (Wildman–Crippen MR) is 33.2 cm³/mol. The topological polar surface area (TPSA) is 30.5 Å². The van der Waals surface area contributed by atoms with E-state index >= 15 is 0 Å². The van der Waals surface area contributed by atoms with Gasteiger partial charge in [0.15, 0.2) is 0 Å². The first-order valence-electron chi connectivity index (χ1n) is 3.39. The summed E-state index contributed by atoms with van der Waals surface area (Å²) in [6.45, 7) is 4.35. The van der Waals surface area contributed by atoms with Crippen LogP contribution in [0.2, 0.25) is 0 Å². The number of rotatable bonds is 3. The SMILES string of the molecule is CCC(C)CC1ONO1. The van der Waals surface area contributed by atoms with Crippen LogP contribution in [0.15, 0.2) is 0 Å². The molecule has 1 N–H and O–H groups in total. The molecule has 3 nitrogen and oxygen atoms in total. The summed E-state index contributed by atoms with van der Waals surface area (Å²) in [5, 5.41) is 0. The zero-order valence-electron chi connectivity index (χ0n) is 5.89. The summed E-state index contributed by atoms with van der Waals surface area (Å²) in [4.78, 5) is 9.66. The van der Waals surface area contributed by atoms with Crippen molar-refractivity contribution in [3.63, 3.8) is 0 Å². The highest BCUT2D eigenvalue weighted by Crippen LogP contribution is 2.15. The second kappa shape index (κ2) is 3.15. The van der Waals surface area contributed by atoms with Gasteiger partial charge in [0.25, 0.3) is 0 Å². The van der Waals surface area contributed by atoms with Crippen molar-refractivity contribution in [3.8, 4) is 0 Å². The Morgan fingerprint density at radius 2 is 2.22 bits per heavy atom. The lowest BCUT2D eigenvalue weighted by atomic mass is 10.1. The summed E-state index contributed by atoms with van der Waals surface area (Å²) in [6, 6.07) is 0. The van der Waals surface area contributed by atoms with Crippen molar-refractivity contribution < 1.29 is 9.68 Å². The maximum atomic E-state index is 4.83. The van der Waals surface area contributed by atoms with E-state index in [1.165, 1.54) is 6.42 Å². The highest BCUT2D eigenvalue weighted by Gasteiger charge is 2.20. The molecule has 0 aromatic carbocycles. The van der Waals surface area contributed by atoms with Crippen molar-refractivity contribution in [3.05, 3.63) is 0 Å². The van der Waals surface area contributed by atoms with E-state index in [1.54, 1.807) is 0 Å². The summed E-state index contributed by atoms with van der Waals surface area (Å²) in [5.74, 6) is 0.692.